The molecule has 0 saturated heterocycles. The Balaban J connectivity index is 1.11. The minimum absolute atomic E-state index is 0.771. The van der Waals surface area contributed by atoms with Gasteiger partial charge < -0.3 is 16.0 Å². The summed E-state index contributed by atoms with van der Waals surface area (Å²) < 4.78 is 0. The van der Waals surface area contributed by atoms with Crippen molar-refractivity contribution in [2.45, 2.75) is 137 Å². The second-order valence-corrected chi connectivity index (χ2v) is 21.7. The zero-order chi connectivity index (χ0) is 53.3. The van der Waals surface area contributed by atoms with Crippen molar-refractivity contribution in [3.8, 4) is 33.4 Å². The van der Waals surface area contributed by atoms with Gasteiger partial charge in [-0.1, -0.05) is 242 Å². The maximum atomic E-state index is 3.83. The quantitative estimate of drug-likeness (QED) is 0.0449. The maximum absolute atomic E-state index is 3.83. The van der Waals surface area contributed by atoms with Gasteiger partial charge in [-0.2, -0.15) is 0 Å². The van der Waals surface area contributed by atoms with Gasteiger partial charge in [0.05, 0.1) is 0 Å². The highest BCUT2D eigenvalue weighted by Gasteiger charge is 2.26. The molecular weight excluding hydrogens is 943 g/mol. The minimum Gasteiger partial charge on any atom is -0.381 e. The van der Waals surface area contributed by atoms with Gasteiger partial charge in [0.1, 0.15) is 0 Å². The van der Waals surface area contributed by atoms with Crippen LogP contribution >= 0.6 is 0 Å². The molecule has 0 aromatic heterocycles. The van der Waals surface area contributed by atoms with E-state index in [2.05, 4.69) is 237 Å². The average Bonchev–Trinajstić information content (AvgIpc) is 3.54. The molecule has 0 radical (unpaired) electrons. The Morgan fingerprint density at radius 1 is 0.256 bits per heavy atom. The van der Waals surface area contributed by atoms with Crippen LogP contribution in [-0.4, -0.2) is 0 Å². The number of anilines is 3. The molecule has 0 atom stereocenters. The van der Waals surface area contributed by atoms with Crippen LogP contribution in [0.1, 0.15) is 131 Å². The van der Waals surface area contributed by atoms with Gasteiger partial charge >= 0.3 is 0 Å². The van der Waals surface area contributed by atoms with Gasteiger partial charge in [0.25, 0.3) is 0 Å². The molecule has 3 heteroatoms. The SMILES string of the molecule is CCCCCCc1c(-c2ccc(NCc3cccc4ccccc34)cc2)c(CCCCCC)c(-c2ccc(NCc3cccc4ccccc34)cc2)c(CCCCCC)c1-c1ccc(NCc2cccc3ccccc23)cc1. The summed E-state index contributed by atoms with van der Waals surface area (Å²) in [6.45, 7) is 9.33. The van der Waals surface area contributed by atoms with Gasteiger partial charge in [-0.25, -0.2) is 0 Å². The Hall–Kier alpha value is -7.62. The van der Waals surface area contributed by atoms with E-state index in [0.717, 1.165) is 56.0 Å². The lowest BCUT2D eigenvalue weighted by atomic mass is 9.75. The summed E-state index contributed by atoms with van der Waals surface area (Å²) in [7, 11) is 0. The summed E-state index contributed by atoms with van der Waals surface area (Å²) in [4.78, 5) is 0. The first-order valence-corrected chi connectivity index (χ1v) is 29.7. The van der Waals surface area contributed by atoms with E-state index in [1.807, 2.05) is 0 Å². The zero-order valence-electron chi connectivity index (χ0n) is 46.8. The lowest BCUT2D eigenvalue weighted by molar-refractivity contribution is 0.657. The van der Waals surface area contributed by atoms with Gasteiger partial charge in [0.2, 0.25) is 0 Å². The molecular formula is C75H81N3. The normalized spacial score (nSPS) is 11.4. The van der Waals surface area contributed by atoms with E-state index in [-0.39, 0.29) is 0 Å². The number of nitrogens with one attached hydrogen (secondary N) is 3. The molecule has 78 heavy (non-hydrogen) atoms. The van der Waals surface area contributed by atoms with Crippen molar-refractivity contribution in [2.75, 3.05) is 16.0 Å². The highest BCUT2D eigenvalue weighted by Crippen LogP contribution is 2.48. The van der Waals surface area contributed by atoms with Crippen molar-refractivity contribution in [3.63, 3.8) is 0 Å². The number of fused-ring (bicyclic) bond motifs is 3. The lowest BCUT2D eigenvalue weighted by Gasteiger charge is -2.29. The number of hydrogen-bond acceptors (Lipinski definition) is 3. The van der Waals surface area contributed by atoms with Gasteiger partial charge in [0, 0.05) is 36.7 Å². The first-order valence-electron chi connectivity index (χ1n) is 29.7. The summed E-state index contributed by atoms with van der Waals surface area (Å²) in [6, 6.07) is 74.8. The first-order chi connectivity index (χ1) is 38.6. The third-order valence-electron chi connectivity index (χ3n) is 16.3. The monoisotopic (exact) mass is 1020 g/mol. The van der Waals surface area contributed by atoms with Gasteiger partial charge in [0.15, 0.2) is 0 Å². The van der Waals surface area contributed by atoms with Gasteiger partial charge in [-0.15, -0.1) is 0 Å². The fourth-order valence-corrected chi connectivity index (χ4v) is 12.1. The molecule has 0 aliphatic carbocycles. The Morgan fingerprint density at radius 3 is 0.808 bits per heavy atom. The molecule has 0 aliphatic heterocycles. The van der Waals surface area contributed by atoms with Crippen LogP contribution in [0.4, 0.5) is 17.1 Å². The Labute approximate surface area is 466 Å². The zero-order valence-corrected chi connectivity index (χ0v) is 46.8. The average molecular weight is 1020 g/mol. The third-order valence-corrected chi connectivity index (χ3v) is 16.3. The van der Waals surface area contributed by atoms with Crippen molar-refractivity contribution in [2.24, 2.45) is 0 Å². The highest BCUT2D eigenvalue weighted by atomic mass is 14.9. The Kier molecular flexibility index (Phi) is 18.7. The summed E-state index contributed by atoms with van der Waals surface area (Å²) in [5.41, 5.74) is 20.3. The molecule has 10 aromatic rings. The van der Waals surface area contributed by atoms with Crippen LogP contribution in [0, 0.1) is 0 Å². The maximum Gasteiger partial charge on any atom is 0.0406 e. The number of hydrogen-bond donors (Lipinski definition) is 3. The smallest absolute Gasteiger partial charge is 0.0406 e. The van der Waals surface area contributed by atoms with Crippen LogP contribution in [0.15, 0.2) is 200 Å². The topological polar surface area (TPSA) is 36.1 Å². The number of unbranched alkanes of at least 4 members (excludes halogenated alkanes) is 9. The Bertz CT molecular complexity index is 3110. The van der Waals surface area contributed by atoms with E-state index in [0.29, 0.717) is 0 Å². The standard InChI is InChI=1S/C75H81N3/c1-4-7-10-13-37-70-73(58-40-46-64(47-41-58)76-52-61-31-22-28-55-25-16-19-34-67(55)61)71(38-14-11-8-5-2)75(60-44-50-66(51-45-60)78-54-63-33-24-30-57-27-18-21-36-69(57)63)72(39-15-12-9-6-3)74(70)59-42-48-65(49-43-59)77-53-62-32-23-29-56-26-17-20-35-68(56)62/h16-36,40-51,76-78H,4-15,37-39,52-54H2,1-3H3. The third kappa shape index (κ3) is 13.0. The van der Waals surface area contributed by atoms with Crippen molar-refractivity contribution >= 4 is 49.4 Å². The molecule has 10 rings (SSSR count). The summed E-state index contributed by atoms with van der Waals surface area (Å²) in [5.74, 6) is 0. The van der Waals surface area contributed by atoms with Crippen LogP contribution < -0.4 is 16.0 Å². The molecule has 0 spiro atoms. The molecule has 0 aliphatic rings. The van der Waals surface area contributed by atoms with Crippen molar-refractivity contribution in [1.82, 2.24) is 0 Å². The van der Waals surface area contributed by atoms with Gasteiger partial charge in [-0.05, 0) is 174 Å². The largest absolute Gasteiger partial charge is 0.381 e. The second-order valence-electron chi connectivity index (χ2n) is 21.7. The van der Waals surface area contributed by atoms with Crippen LogP contribution in [0.25, 0.3) is 65.7 Å². The molecule has 3 N–H and O–H groups in total. The van der Waals surface area contributed by atoms with E-state index < -0.39 is 0 Å². The van der Waals surface area contributed by atoms with E-state index in [1.165, 1.54) is 176 Å². The minimum atomic E-state index is 0.771. The molecule has 10 aromatic carbocycles. The molecule has 0 unspecified atom stereocenters. The number of rotatable bonds is 27. The molecule has 0 amide bonds. The summed E-state index contributed by atoms with van der Waals surface area (Å²) in [5, 5.41) is 19.3. The van der Waals surface area contributed by atoms with Crippen molar-refractivity contribution in [1.29, 1.82) is 0 Å². The Morgan fingerprint density at radius 2 is 0.526 bits per heavy atom. The first kappa shape index (κ1) is 53.8. The van der Waals surface area contributed by atoms with Crippen LogP contribution in [0.5, 0.6) is 0 Å². The highest BCUT2D eigenvalue weighted by molar-refractivity contribution is 5.94. The fourth-order valence-electron chi connectivity index (χ4n) is 12.1. The summed E-state index contributed by atoms with van der Waals surface area (Å²) in [6.07, 6.45) is 17.8. The molecule has 396 valence electrons. The molecule has 0 saturated carbocycles. The molecule has 3 nitrogen and oxygen atoms in total. The number of benzene rings is 10. The molecule has 0 heterocycles. The van der Waals surface area contributed by atoms with Crippen LogP contribution in [0.2, 0.25) is 0 Å². The molecule has 0 bridgehead atoms. The van der Waals surface area contributed by atoms with Crippen LogP contribution in [-0.2, 0) is 38.9 Å². The molecule has 0 fully saturated rings. The fraction of sp³-hybridized carbons (Fsp3) is 0.280. The van der Waals surface area contributed by atoms with E-state index >= 15 is 0 Å². The predicted octanol–water partition coefficient (Wildman–Crippen LogP) is 21.4. The van der Waals surface area contributed by atoms with Gasteiger partial charge in [-0.3, -0.25) is 0 Å². The van der Waals surface area contributed by atoms with Crippen molar-refractivity contribution in [3.05, 3.63) is 234 Å². The van der Waals surface area contributed by atoms with E-state index in [4.69, 9.17) is 0 Å². The second kappa shape index (κ2) is 27.1. The van der Waals surface area contributed by atoms with E-state index in [9.17, 15) is 0 Å². The lowest BCUT2D eigenvalue weighted by Crippen LogP contribution is -2.09. The van der Waals surface area contributed by atoms with Crippen molar-refractivity contribution < 1.29 is 0 Å². The van der Waals surface area contributed by atoms with E-state index in [1.54, 1.807) is 0 Å². The predicted molar refractivity (Wildman–Crippen MR) is 340 cm³/mol. The van der Waals surface area contributed by atoms with Crippen LogP contribution in [0.3, 0.4) is 0 Å². The summed E-state index contributed by atoms with van der Waals surface area (Å²) >= 11 is 0.